The Kier molecular flexibility index (Phi) is 10.5. The number of rotatable bonds is 14. The third kappa shape index (κ3) is 7.10. The Bertz CT molecular complexity index is 290. The smallest absolute Gasteiger partial charge is 0.252 e. The first kappa shape index (κ1) is 19.4. The maximum absolute atomic E-state index is 12.1. The molecule has 1 atom stereocenters. The molecule has 1 amide bonds. The van der Waals surface area contributed by atoms with E-state index in [9.17, 15) is 4.79 Å². The van der Waals surface area contributed by atoms with Crippen molar-refractivity contribution in [2.75, 3.05) is 19.8 Å². The predicted octanol–water partition coefficient (Wildman–Crippen LogP) is 3.57. The van der Waals surface area contributed by atoms with Crippen molar-refractivity contribution in [3.8, 4) is 0 Å². The van der Waals surface area contributed by atoms with Gasteiger partial charge in [-0.25, -0.2) is 0 Å². The third-order valence-electron chi connectivity index (χ3n) is 4.63. The Labute approximate surface area is 136 Å². The molecule has 1 unspecified atom stereocenters. The van der Waals surface area contributed by atoms with Crippen LogP contribution in [-0.4, -0.2) is 36.4 Å². The van der Waals surface area contributed by atoms with Gasteiger partial charge in [0.25, 0.3) is 5.91 Å². The van der Waals surface area contributed by atoms with E-state index in [4.69, 9.17) is 9.84 Å². The molecule has 1 aliphatic heterocycles. The van der Waals surface area contributed by atoms with Crippen LogP contribution in [0.1, 0.15) is 84.0 Å². The summed E-state index contributed by atoms with van der Waals surface area (Å²) in [5.74, 6) is -0.0382. The zero-order chi connectivity index (χ0) is 16.1. The molecule has 1 fully saturated rings. The van der Waals surface area contributed by atoms with Gasteiger partial charge in [0.1, 0.15) is 5.60 Å². The van der Waals surface area contributed by atoms with Crippen molar-refractivity contribution < 1.29 is 14.6 Å². The predicted molar refractivity (Wildman–Crippen MR) is 89.9 cm³/mol. The second-order valence-corrected chi connectivity index (χ2v) is 6.50. The lowest BCUT2D eigenvalue weighted by atomic mass is 9.87. The molecule has 0 aliphatic carbocycles. The van der Waals surface area contributed by atoms with E-state index in [-0.39, 0.29) is 12.5 Å². The Morgan fingerprint density at radius 2 is 1.59 bits per heavy atom. The zero-order valence-corrected chi connectivity index (χ0v) is 14.4. The molecule has 130 valence electrons. The maximum atomic E-state index is 12.1. The van der Waals surface area contributed by atoms with Gasteiger partial charge < -0.3 is 15.2 Å². The Morgan fingerprint density at radius 1 is 1.05 bits per heavy atom. The van der Waals surface area contributed by atoms with Crippen molar-refractivity contribution in [3.05, 3.63) is 0 Å². The minimum absolute atomic E-state index is 0.0138. The summed E-state index contributed by atoms with van der Waals surface area (Å²) in [5, 5.41) is 11.5. The standard InChI is InChI=1S/C18H35NO3/c1-2-3-4-5-6-7-8-9-10-11-12-18(13-16-22-18)17(21)19-14-15-20/h20H,2-16H2,1H3,(H,19,21). The van der Waals surface area contributed by atoms with Crippen LogP contribution >= 0.6 is 0 Å². The summed E-state index contributed by atoms with van der Waals surface area (Å²) in [4.78, 5) is 12.1. The fraction of sp³-hybridized carbons (Fsp3) is 0.944. The quantitative estimate of drug-likeness (QED) is 0.482. The van der Waals surface area contributed by atoms with Crippen LogP contribution in [0.3, 0.4) is 0 Å². The van der Waals surface area contributed by atoms with Crippen LogP contribution in [0.2, 0.25) is 0 Å². The molecule has 0 aromatic rings. The van der Waals surface area contributed by atoms with Gasteiger partial charge in [0.15, 0.2) is 0 Å². The van der Waals surface area contributed by atoms with E-state index in [0.29, 0.717) is 13.2 Å². The molecule has 0 spiro atoms. The summed E-state index contributed by atoms with van der Waals surface area (Å²) < 4.78 is 5.57. The molecule has 4 heteroatoms. The van der Waals surface area contributed by atoms with Gasteiger partial charge in [-0.2, -0.15) is 0 Å². The summed E-state index contributed by atoms with van der Waals surface area (Å²) in [5.41, 5.74) is -0.588. The van der Waals surface area contributed by atoms with Crippen molar-refractivity contribution in [3.63, 3.8) is 0 Å². The molecule has 4 nitrogen and oxygen atoms in total. The molecule has 1 rings (SSSR count). The van der Waals surface area contributed by atoms with Crippen LogP contribution in [0.5, 0.6) is 0 Å². The van der Waals surface area contributed by atoms with Crippen molar-refractivity contribution >= 4 is 5.91 Å². The average molecular weight is 313 g/mol. The molecule has 2 N–H and O–H groups in total. The number of aliphatic hydroxyl groups excluding tert-OH is 1. The van der Waals surface area contributed by atoms with Crippen molar-refractivity contribution in [1.82, 2.24) is 5.32 Å². The van der Waals surface area contributed by atoms with Gasteiger partial charge in [-0.15, -0.1) is 0 Å². The largest absolute Gasteiger partial charge is 0.395 e. The SMILES string of the molecule is CCCCCCCCCCCCC1(C(=O)NCCO)CCO1. The van der Waals surface area contributed by atoms with Gasteiger partial charge in [-0.05, 0) is 6.42 Å². The molecule has 1 aliphatic rings. The van der Waals surface area contributed by atoms with Crippen LogP contribution in [0.15, 0.2) is 0 Å². The molecule has 0 radical (unpaired) electrons. The molecule has 22 heavy (non-hydrogen) atoms. The zero-order valence-electron chi connectivity index (χ0n) is 14.4. The molecular formula is C18H35NO3. The van der Waals surface area contributed by atoms with Crippen LogP contribution in [0, 0.1) is 0 Å². The van der Waals surface area contributed by atoms with E-state index in [0.717, 1.165) is 19.3 Å². The fourth-order valence-electron chi connectivity index (χ4n) is 3.07. The topological polar surface area (TPSA) is 58.6 Å². The molecular weight excluding hydrogens is 278 g/mol. The van der Waals surface area contributed by atoms with Crippen molar-refractivity contribution in [2.24, 2.45) is 0 Å². The minimum Gasteiger partial charge on any atom is -0.395 e. The summed E-state index contributed by atoms with van der Waals surface area (Å²) in [6.07, 6.45) is 14.7. The van der Waals surface area contributed by atoms with E-state index in [1.165, 1.54) is 57.8 Å². The molecule has 0 bridgehead atoms. The number of amides is 1. The highest BCUT2D eigenvalue weighted by Crippen LogP contribution is 2.32. The number of hydrogen-bond donors (Lipinski definition) is 2. The van der Waals surface area contributed by atoms with Gasteiger partial charge in [0.2, 0.25) is 0 Å². The Morgan fingerprint density at radius 3 is 2.05 bits per heavy atom. The number of ether oxygens (including phenoxy) is 1. The van der Waals surface area contributed by atoms with Crippen molar-refractivity contribution in [1.29, 1.82) is 0 Å². The number of hydrogen-bond acceptors (Lipinski definition) is 3. The Hall–Kier alpha value is -0.610. The lowest BCUT2D eigenvalue weighted by Gasteiger charge is -2.40. The first-order valence-electron chi connectivity index (χ1n) is 9.28. The number of aliphatic hydroxyl groups is 1. The summed E-state index contributed by atoms with van der Waals surface area (Å²) in [7, 11) is 0. The monoisotopic (exact) mass is 313 g/mol. The lowest BCUT2D eigenvalue weighted by Crippen LogP contribution is -2.56. The van der Waals surface area contributed by atoms with Gasteiger partial charge in [0, 0.05) is 13.0 Å². The lowest BCUT2D eigenvalue weighted by molar-refractivity contribution is -0.179. The van der Waals surface area contributed by atoms with Crippen LogP contribution < -0.4 is 5.32 Å². The van der Waals surface area contributed by atoms with E-state index in [1.54, 1.807) is 0 Å². The van der Waals surface area contributed by atoms with E-state index in [2.05, 4.69) is 12.2 Å². The normalized spacial score (nSPS) is 20.6. The van der Waals surface area contributed by atoms with Crippen LogP contribution in [-0.2, 0) is 9.53 Å². The number of nitrogens with one attached hydrogen (secondary N) is 1. The highest BCUT2D eigenvalue weighted by Gasteiger charge is 2.44. The molecule has 0 aromatic heterocycles. The Balaban J connectivity index is 1.99. The van der Waals surface area contributed by atoms with Crippen LogP contribution in [0.4, 0.5) is 0 Å². The van der Waals surface area contributed by atoms with Gasteiger partial charge in [0.05, 0.1) is 13.2 Å². The highest BCUT2D eigenvalue weighted by molar-refractivity contribution is 5.85. The van der Waals surface area contributed by atoms with E-state index in [1.807, 2.05) is 0 Å². The molecule has 1 heterocycles. The van der Waals surface area contributed by atoms with Gasteiger partial charge in [-0.1, -0.05) is 71.1 Å². The summed E-state index contributed by atoms with van der Waals surface area (Å²) in [6, 6.07) is 0. The molecule has 1 saturated heterocycles. The first-order chi connectivity index (χ1) is 10.7. The maximum Gasteiger partial charge on any atom is 0.252 e. The number of unbranched alkanes of at least 4 members (excludes halogenated alkanes) is 9. The molecule has 0 saturated carbocycles. The van der Waals surface area contributed by atoms with E-state index >= 15 is 0 Å². The number of carbonyl (C=O) groups excluding carboxylic acids is 1. The summed E-state index contributed by atoms with van der Waals surface area (Å²) >= 11 is 0. The number of carbonyl (C=O) groups is 1. The molecule has 0 aromatic carbocycles. The summed E-state index contributed by atoms with van der Waals surface area (Å²) in [6.45, 7) is 3.25. The average Bonchev–Trinajstić information content (AvgIpc) is 2.48. The van der Waals surface area contributed by atoms with Gasteiger partial charge >= 0.3 is 0 Å². The van der Waals surface area contributed by atoms with Crippen LogP contribution in [0.25, 0.3) is 0 Å². The highest BCUT2D eigenvalue weighted by atomic mass is 16.5. The van der Waals surface area contributed by atoms with E-state index < -0.39 is 5.60 Å². The van der Waals surface area contributed by atoms with Crippen molar-refractivity contribution in [2.45, 2.75) is 89.6 Å². The van der Waals surface area contributed by atoms with Gasteiger partial charge in [-0.3, -0.25) is 4.79 Å². The second-order valence-electron chi connectivity index (χ2n) is 6.50. The second kappa shape index (κ2) is 11.9. The fourth-order valence-corrected chi connectivity index (χ4v) is 3.07. The first-order valence-corrected chi connectivity index (χ1v) is 9.28. The minimum atomic E-state index is -0.588. The third-order valence-corrected chi connectivity index (χ3v) is 4.63.